The molecule has 0 aliphatic carbocycles. The molecule has 1 saturated heterocycles. The Labute approximate surface area is 144 Å². The van der Waals surface area contributed by atoms with Crippen LogP contribution in [0.15, 0.2) is 24.4 Å². The lowest BCUT2D eigenvalue weighted by molar-refractivity contribution is -0.139. The number of aliphatic carboxylic acids is 1. The number of carbonyl (C=O) groups is 2. The van der Waals surface area contributed by atoms with Gasteiger partial charge in [-0.3, -0.25) is 9.59 Å². The Morgan fingerprint density at radius 3 is 2.96 bits per heavy atom. The van der Waals surface area contributed by atoms with Crippen LogP contribution in [0.5, 0.6) is 0 Å². The highest BCUT2D eigenvalue weighted by Crippen LogP contribution is 2.21. The molecule has 1 aliphatic rings. The molecule has 25 heavy (non-hydrogen) atoms. The van der Waals surface area contributed by atoms with E-state index in [0.29, 0.717) is 24.1 Å². The van der Waals surface area contributed by atoms with Crippen LogP contribution in [-0.4, -0.2) is 52.7 Å². The number of fused-ring (bicyclic) bond motifs is 1. The molecule has 134 valence electrons. The first-order chi connectivity index (χ1) is 12.0. The number of carbonyl (C=O) groups excluding carboxylic acids is 1. The minimum atomic E-state index is -0.945. The number of carboxylic acids is 1. The van der Waals surface area contributed by atoms with Gasteiger partial charge in [-0.15, -0.1) is 0 Å². The van der Waals surface area contributed by atoms with E-state index in [-0.39, 0.29) is 37.2 Å². The van der Waals surface area contributed by atoms with Gasteiger partial charge < -0.3 is 19.7 Å². The Kier molecular flexibility index (Phi) is 5.33. The number of rotatable bonds is 7. The van der Waals surface area contributed by atoms with Crippen molar-refractivity contribution in [1.82, 2.24) is 9.88 Å². The van der Waals surface area contributed by atoms with Crippen LogP contribution in [0.4, 0.5) is 4.39 Å². The van der Waals surface area contributed by atoms with Crippen LogP contribution in [0.2, 0.25) is 0 Å². The maximum absolute atomic E-state index is 13.5. The van der Waals surface area contributed by atoms with E-state index in [2.05, 4.69) is 4.98 Å². The molecule has 0 radical (unpaired) electrons. The van der Waals surface area contributed by atoms with Crippen LogP contribution in [0.25, 0.3) is 10.9 Å². The minimum Gasteiger partial charge on any atom is -0.481 e. The van der Waals surface area contributed by atoms with Gasteiger partial charge in [0.05, 0.1) is 18.9 Å². The number of aromatic nitrogens is 1. The van der Waals surface area contributed by atoms with Gasteiger partial charge in [-0.2, -0.15) is 0 Å². The molecular formula is C18H21FN2O4. The molecule has 2 heterocycles. The second kappa shape index (κ2) is 7.65. The smallest absolute Gasteiger partial charge is 0.305 e. The van der Waals surface area contributed by atoms with Crippen LogP contribution in [0.1, 0.15) is 24.8 Å². The van der Waals surface area contributed by atoms with Gasteiger partial charge in [0, 0.05) is 36.8 Å². The minimum absolute atomic E-state index is 0.0434. The zero-order chi connectivity index (χ0) is 17.8. The summed E-state index contributed by atoms with van der Waals surface area (Å²) in [5.41, 5.74) is 1.47. The molecule has 1 amide bonds. The third kappa shape index (κ3) is 4.36. The number of H-pyrrole nitrogens is 1. The number of aromatic amines is 1. The fraction of sp³-hybridized carbons (Fsp3) is 0.444. The zero-order valence-corrected chi connectivity index (χ0v) is 13.8. The number of hydrogen-bond acceptors (Lipinski definition) is 3. The number of amides is 1. The Balaban J connectivity index is 1.73. The third-order valence-corrected chi connectivity index (χ3v) is 4.47. The summed E-state index contributed by atoms with van der Waals surface area (Å²) in [6.45, 7) is 1.21. The Bertz CT molecular complexity index is 768. The number of carboxylic acid groups (broad SMARTS) is 1. The molecule has 0 bridgehead atoms. The number of benzene rings is 1. The fourth-order valence-electron chi connectivity index (χ4n) is 3.15. The number of halogens is 1. The normalized spacial score (nSPS) is 17.1. The molecular weight excluding hydrogens is 327 g/mol. The quantitative estimate of drug-likeness (QED) is 0.804. The first kappa shape index (κ1) is 17.4. The van der Waals surface area contributed by atoms with Crippen molar-refractivity contribution in [2.24, 2.45) is 0 Å². The van der Waals surface area contributed by atoms with Gasteiger partial charge in [-0.25, -0.2) is 4.39 Å². The summed E-state index contributed by atoms with van der Waals surface area (Å²) in [5, 5.41) is 9.59. The lowest BCUT2D eigenvalue weighted by Crippen LogP contribution is -2.39. The zero-order valence-electron chi connectivity index (χ0n) is 13.8. The molecule has 3 rings (SSSR count). The van der Waals surface area contributed by atoms with Crippen molar-refractivity contribution in [1.29, 1.82) is 0 Å². The lowest BCUT2D eigenvalue weighted by atomic mass is 10.1. The van der Waals surface area contributed by atoms with Crippen LogP contribution in [-0.2, 0) is 20.7 Å². The SMILES string of the molecule is O=C(O)CCN(CC1CCCO1)C(=O)Cc1c[nH]c2ccc(F)cc12. The van der Waals surface area contributed by atoms with E-state index < -0.39 is 5.97 Å². The van der Waals surface area contributed by atoms with Gasteiger partial charge in [0.2, 0.25) is 5.91 Å². The van der Waals surface area contributed by atoms with Gasteiger partial charge in [0.25, 0.3) is 0 Å². The average molecular weight is 348 g/mol. The number of nitrogens with zero attached hydrogens (tertiary/aromatic N) is 1. The van der Waals surface area contributed by atoms with Gasteiger partial charge in [0.15, 0.2) is 0 Å². The molecule has 1 fully saturated rings. The summed E-state index contributed by atoms with van der Waals surface area (Å²) >= 11 is 0. The van der Waals surface area contributed by atoms with Crippen molar-refractivity contribution in [2.45, 2.75) is 31.8 Å². The van der Waals surface area contributed by atoms with Crippen LogP contribution < -0.4 is 0 Å². The Hall–Kier alpha value is -2.41. The van der Waals surface area contributed by atoms with Gasteiger partial charge in [-0.05, 0) is 36.6 Å². The molecule has 1 atom stereocenters. The monoisotopic (exact) mass is 348 g/mol. The summed E-state index contributed by atoms with van der Waals surface area (Å²) in [5.74, 6) is -1.48. The number of hydrogen-bond donors (Lipinski definition) is 2. The topological polar surface area (TPSA) is 82.6 Å². The number of nitrogens with one attached hydrogen (secondary N) is 1. The maximum Gasteiger partial charge on any atom is 0.305 e. The molecule has 0 saturated carbocycles. The lowest BCUT2D eigenvalue weighted by Gasteiger charge is -2.25. The standard InChI is InChI=1S/C18H21FN2O4/c19-13-3-4-16-15(9-13)12(10-20-16)8-17(22)21(6-5-18(23)24)11-14-2-1-7-25-14/h3-4,9-10,14,20H,1-2,5-8,11H2,(H,23,24). The summed E-state index contributed by atoms with van der Waals surface area (Å²) in [6, 6.07) is 4.39. The molecule has 2 N–H and O–H groups in total. The molecule has 0 spiro atoms. The summed E-state index contributed by atoms with van der Waals surface area (Å²) in [7, 11) is 0. The Morgan fingerprint density at radius 1 is 1.40 bits per heavy atom. The third-order valence-electron chi connectivity index (χ3n) is 4.47. The number of ether oxygens (including phenoxy) is 1. The van der Waals surface area contributed by atoms with Crippen molar-refractivity contribution in [3.8, 4) is 0 Å². The van der Waals surface area contributed by atoms with E-state index >= 15 is 0 Å². The summed E-state index contributed by atoms with van der Waals surface area (Å²) in [6.07, 6.45) is 3.46. The molecule has 1 aliphatic heterocycles. The van der Waals surface area contributed by atoms with Crippen LogP contribution in [0, 0.1) is 5.82 Å². The highest BCUT2D eigenvalue weighted by Gasteiger charge is 2.23. The van der Waals surface area contributed by atoms with Crippen molar-refractivity contribution in [3.63, 3.8) is 0 Å². The second-order valence-corrected chi connectivity index (χ2v) is 6.30. The van der Waals surface area contributed by atoms with Gasteiger partial charge >= 0.3 is 5.97 Å². The van der Waals surface area contributed by atoms with E-state index in [1.54, 1.807) is 17.2 Å². The van der Waals surface area contributed by atoms with E-state index in [1.807, 2.05) is 0 Å². The van der Waals surface area contributed by atoms with E-state index in [9.17, 15) is 14.0 Å². The van der Waals surface area contributed by atoms with Crippen LogP contribution in [0.3, 0.4) is 0 Å². The highest BCUT2D eigenvalue weighted by atomic mass is 19.1. The molecule has 2 aromatic rings. The molecule has 1 aromatic heterocycles. The van der Waals surface area contributed by atoms with Crippen molar-refractivity contribution in [3.05, 3.63) is 35.8 Å². The van der Waals surface area contributed by atoms with E-state index in [0.717, 1.165) is 18.4 Å². The van der Waals surface area contributed by atoms with Crippen molar-refractivity contribution < 1.29 is 23.8 Å². The average Bonchev–Trinajstić information content (AvgIpc) is 3.21. The van der Waals surface area contributed by atoms with Crippen molar-refractivity contribution in [2.75, 3.05) is 19.7 Å². The first-order valence-corrected chi connectivity index (χ1v) is 8.39. The summed E-state index contributed by atoms with van der Waals surface area (Å²) < 4.78 is 19.0. The largest absolute Gasteiger partial charge is 0.481 e. The second-order valence-electron chi connectivity index (χ2n) is 6.30. The van der Waals surface area contributed by atoms with Gasteiger partial charge in [-0.1, -0.05) is 0 Å². The Morgan fingerprint density at radius 2 is 2.24 bits per heavy atom. The van der Waals surface area contributed by atoms with Crippen LogP contribution >= 0.6 is 0 Å². The van der Waals surface area contributed by atoms with E-state index in [4.69, 9.17) is 9.84 Å². The van der Waals surface area contributed by atoms with Gasteiger partial charge in [0.1, 0.15) is 5.82 Å². The molecule has 1 aromatic carbocycles. The highest BCUT2D eigenvalue weighted by molar-refractivity contribution is 5.89. The fourth-order valence-corrected chi connectivity index (χ4v) is 3.15. The first-order valence-electron chi connectivity index (χ1n) is 8.39. The predicted octanol–water partition coefficient (Wildman–Crippen LogP) is 2.33. The van der Waals surface area contributed by atoms with Crippen molar-refractivity contribution >= 4 is 22.8 Å². The molecule has 6 nitrogen and oxygen atoms in total. The summed E-state index contributed by atoms with van der Waals surface area (Å²) in [4.78, 5) is 28.2. The predicted molar refractivity (Wildman–Crippen MR) is 89.8 cm³/mol. The molecule has 1 unspecified atom stereocenters. The molecule has 7 heteroatoms. The maximum atomic E-state index is 13.5. The van der Waals surface area contributed by atoms with E-state index in [1.165, 1.54) is 12.1 Å².